The quantitative estimate of drug-likeness (QED) is 0.539. The molecule has 2 aromatic carbocycles. The van der Waals surface area contributed by atoms with E-state index in [9.17, 15) is 9.50 Å². The van der Waals surface area contributed by atoms with Crippen LogP contribution in [-0.2, 0) is 13.1 Å². The minimum Gasteiger partial charge on any atom is -0.507 e. The highest BCUT2D eigenvalue weighted by Crippen LogP contribution is 2.38. The second-order valence-electron chi connectivity index (χ2n) is 7.39. The lowest BCUT2D eigenvalue weighted by atomic mass is 9.92. The molecule has 0 spiro atoms. The molecule has 0 fully saturated rings. The third-order valence-corrected chi connectivity index (χ3v) is 5.05. The van der Waals surface area contributed by atoms with Crippen LogP contribution in [-0.4, -0.2) is 37.0 Å². The molecule has 0 bridgehead atoms. The Balaban J connectivity index is 1.72. The predicted molar refractivity (Wildman–Crippen MR) is 113 cm³/mol. The largest absolute Gasteiger partial charge is 0.507 e. The van der Waals surface area contributed by atoms with Gasteiger partial charge in [0.2, 0.25) is 0 Å². The molecule has 30 heavy (non-hydrogen) atoms. The van der Waals surface area contributed by atoms with Gasteiger partial charge in [-0.1, -0.05) is 6.07 Å². The number of halogens is 1. The summed E-state index contributed by atoms with van der Waals surface area (Å²) in [5.41, 5.74) is 3.27. The molecule has 152 valence electrons. The van der Waals surface area contributed by atoms with Gasteiger partial charge in [0.25, 0.3) is 0 Å². The van der Waals surface area contributed by atoms with Crippen LogP contribution in [0.1, 0.15) is 22.8 Å². The first-order chi connectivity index (χ1) is 14.4. The van der Waals surface area contributed by atoms with Crippen LogP contribution in [0.15, 0.2) is 48.9 Å². The summed E-state index contributed by atoms with van der Waals surface area (Å²) < 4.78 is 14.5. The van der Waals surface area contributed by atoms with Gasteiger partial charge in [-0.15, -0.1) is 0 Å². The summed E-state index contributed by atoms with van der Waals surface area (Å²) in [4.78, 5) is 19.8. The van der Waals surface area contributed by atoms with Gasteiger partial charge in [0, 0.05) is 24.0 Å². The molecular formula is C23H22FN5O. The van der Waals surface area contributed by atoms with E-state index in [1.807, 2.05) is 31.9 Å². The van der Waals surface area contributed by atoms with E-state index in [1.165, 1.54) is 18.2 Å². The Kier molecular flexibility index (Phi) is 5.37. The molecule has 0 radical (unpaired) electrons. The van der Waals surface area contributed by atoms with Crippen molar-refractivity contribution in [3.63, 3.8) is 0 Å². The highest BCUT2D eigenvalue weighted by Gasteiger charge is 2.18. The van der Waals surface area contributed by atoms with Gasteiger partial charge in [0.05, 0.1) is 24.2 Å². The minimum absolute atomic E-state index is 0.0857. The van der Waals surface area contributed by atoms with E-state index in [0.29, 0.717) is 24.5 Å². The molecule has 0 atom stereocenters. The topological polar surface area (TPSA) is 75.0 Å². The Morgan fingerprint density at radius 1 is 0.967 bits per heavy atom. The summed E-state index contributed by atoms with van der Waals surface area (Å²) in [6.45, 7) is 4.88. The lowest BCUT2D eigenvalue weighted by molar-refractivity contribution is 0.303. The average Bonchev–Trinajstić information content (AvgIpc) is 2.71. The van der Waals surface area contributed by atoms with E-state index in [4.69, 9.17) is 4.98 Å². The molecular weight excluding hydrogens is 381 g/mol. The SMILES string of the molecule is Cc1cc2cnc(CN(C)Cc3ncccn3)nc2c(C)c1-c1c(O)cccc1F. The molecule has 0 saturated carbocycles. The van der Waals surface area contributed by atoms with Crippen molar-refractivity contribution < 1.29 is 9.50 Å². The zero-order valence-electron chi connectivity index (χ0n) is 17.1. The lowest BCUT2D eigenvalue weighted by Gasteiger charge is -2.17. The van der Waals surface area contributed by atoms with Gasteiger partial charge < -0.3 is 5.11 Å². The van der Waals surface area contributed by atoms with Gasteiger partial charge in [0.1, 0.15) is 23.2 Å². The maximum atomic E-state index is 14.5. The highest BCUT2D eigenvalue weighted by molar-refractivity contribution is 5.91. The second-order valence-corrected chi connectivity index (χ2v) is 7.39. The Hall–Kier alpha value is -3.45. The van der Waals surface area contributed by atoms with Gasteiger partial charge in [-0.2, -0.15) is 0 Å². The molecule has 7 heteroatoms. The van der Waals surface area contributed by atoms with Crippen LogP contribution in [0.4, 0.5) is 4.39 Å². The number of hydrogen-bond donors (Lipinski definition) is 1. The van der Waals surface area contributed by atoms with E-state index in [2.05, 4.69) is 15.0 Å². The number of phenolic OH excluding ortho intramolecular Hbond substituents is 1. The van der Waals surface area contributed by atoms with Gasteiger partial charge in [-0.25, -0.2) is 24.3 Å². The molecule has 0 amide bonds. The number of hydrogen-bond acceptors (Lipinski definition) is 6. The van der Waals surface area contributed by atoms with Crippen molar-refractivity contribution in [2.75, 3.05) is 7.05 Å². The lowest BCUT2D eigenvalue weighted by Crippen LogP contribution is -2.20. The molecule has 0 aliphatic rings. The first kappa shape index (κ1) is 19.8. The van der Waals surface area contributed by atoms with Crippen molar-refractivity contribution in [1.29, 1.82) is 0 Å². The number of nitrogens with zero attached hydrogens (tertiary/aromatic N) is 5. The number of rotatable bonds is 5. The number of phenols is 1. The standard InChI is InChI=1S/C23H22FN5O/c1-14-10-16-11-27-20(13-29(3)12-19-25-8-5-9-26-19)28-23(16)15(2)21(14)22-17(24)6-4-7-18(22)30/h4-11,30H,12-13H2,1-3H3. The molecule has 0 aliphatic heterocycles. The Morgan fingerprint density at radius 2 is 1.70 bits per heavy atom. The summed E-state index contributed by atoms with van der Waals surface area (Å²) in [6, 6.07) is 8.05. The average molecular weight is 403 g/mol. The predicted octanol–water partition coefficient (Wildman–Crippen LogP) is 4.18. The fourth-order valence-corrected chi connectivity index (χ4v) is 3.72. The van der Waals surface area contributed by atoms with Crippen LogP contribution >= 0.6 is 0 Å². The fraction of sp³-hybridized carbons (Fsp3) is 0.217. The van der Waals surface area contributed by atoms with Crippen LogP contribution in [0.25, 0.3) is 22.0 Å². The zero-order chi connectivity index (χ0) is 21.3. The van der Waals surface area contributed by atoms with E-state index in [-0.39, 0.29) is 11.3 Å². The van der Waals surface area contributed by atoms with Crippen molar-refractivity contribution in [1.82, 2.24) is 24.8 Å². The van der Waals surface area contributed by atoms with Crippen LogP contribution in [0, 0.1) is 19.7 Å². The molecule has 0 unspecified atom stereocenters. The molecule has 2 heterocycles. The normalized spacial score (nSPS) is 11.4. The molecule has 4 rings (SSSR count). The van der Waals surface area contributed by atoms with Crippen LogP contribution in [0.2, 0.25) is 0 Å². The number of aryl methyl sites for hydroxylation is 2. The van der Waals surface area contributed by atoms with Gasteiger partial charge in [-0.05, 0) is 61.9 Å². The number of fused-ring (bicyclic) bond motifs is 1. The van der Waals surface area contributed by atoms with Crippen molar-refractivity contribution >= 4 is 10.9 Å². The maximum absolute atomic E-state index is 14.5. The number of benzene rings is 2. The minimum atomic E-state index is -0.461. The zero-order valence-corrected chi connectivity index (χ0v) is 17.1. The fourth-order valence-electron chi connectivity index (χ4n) is 3.72. The molecule has 2 aromatic heterocycles. The summed E-state index contributed by atoms with van der Waals surface area (Å²) in [5, 5.41) is 11.2. The summed E-state index contributed by atoms with van der Waals surface area (Å²) in [5.74, 6) is 0.830. The third-order valence-electron chi connectivity index (χ3n) is 5.05. The van der Waals surface area contributed by atoms with Crippen molar-refractivity contribution in [2.45, 2.75) is 26.9 Å². The monoisotopic (exact) mass is 403 g/mol. The second kappa shape index (κ2) is 8.12. The van der Waals surface area contributed by atoms with Crippen LogP contribution in [0.5, 0.6) is 5.75 Å². The van der Waals surface area contributed by atoms with E-state index >= 15 is 0 Å². The smallest absolute Gasteiger partial charge is 0.142 e. The van der Waals surface area contributed by atoms with Gasteiger partial charge in [0.15, 0.2) is 0 Å². The summed E-state index contributed by atoms with van der Waals surface area (Å²) in [6.07, 6.45) is 5.22. The van der Waals surface area contributed by atoms with Crippen LogP contribution < -0.4 is 0 Å². The Morgan fingerprint density at radius 3 is 2.43 bits per heavy atom. The molecule has 4 aromatic rings. The van der Waals surface area contributed by atoms with Crippen LogP contribution in [0.3, 0.4) is 0 Å². The molecule has 1 N–H and O–H groups in total. The molecule has 0 saturated heterocycles. The van der Waals surface area contributed by atoms with Gasteiger partial charge >= 0.3 is 0 Å². The van der Waals surface area contributed by atoms with Gasteiger partial charge in [-0.3, -0.25) is 4.90 Å². The number of aromatic hydroxyl groups is 1. The maximum Gasteiger partial charge on any atom is 0.142 e. The number of aromatic nitrogens is 4. The first-order valence-electron chi connectivity index (χ1n) is 9.62. The Labute approximate surface area is 174 Å². The molecule has 0 aliphatic carbocycles. The summed E-state index contributed by atoms with van der Waals surface area (Å²) in [7, 11) is 1.95. The van der Waals surface area contributed by atoms with E-state index < -0.39 is 5.82 Å². The first-order valence-corrected chi connectivity index (χ1v) is 9.62. The van der Waals surface area contributed by atoms with E-state index in [1.54, 1.807) is 24.7 Å². The summed E-state index contributed by atoms with van der Waals surface area (Å²) >= 11 is 0. The molecule has 6 nitrogen and oxygen atoms in total. The van der Waals surface area contributed by atoms with E-state index in [0.717, 1.165) is 27.9 Å². The van der Waals surface area contributed by atoms with Crippen molar-refractivity contribution in [3.05, 3.63) is 77.5 Å². The van der Waals surface area contributed by atoms with Crippen molar-refractivity contribution in [3.8, 4) is 16.9 Å². The Bertz CT molecular complexity index is 1190. The van der Waals surface area contributed by atoms with Crippen molar-refractivity contribution in [2.24, 2.45) is 0 Å². The highest BCUT2D eigenvalue weighted by atomic mass is 19.1. The third kappa shape index (κ3) is 3.84.